The van der Waals surface area contributed by atoms with Crippen molar-refractivity contribution < 1.29 is 28.9 Å². The molecule has 14 heteroatoms. The van der Waals surface area contributed by atoms with Crippen molar-refractivity contribution >= 4 is 62.7 Å². The van der Waals surface area contributed by atoms with Gasteiger partial charge in [0, 0.05) is 65.1 Å². The Balaban J connectivity index is 1.32. The van der Waals surface area contributed by atoms with Crippen LogP contribution < -0.4 is 14.4 Å². The van der Waals surface area contributed by atoms with Crippen LogP contribution in [0, 0.1) is 41.5 Å². The van der Waals surface area contributed by atoms with E-state index in [-0.39, 0.29) is 43.0 Å². The van der Waals surface area contributed by atoms with Crippen LogP contribution in [0.25, 0.3) is 32.9 Å². The molecule has 8 rings (SSSR count). The van der Waals surface area contributed by atoms with Gasteiger partial charge in [0.25, 0.3) is 5.91 Å². The van der Waals surface area contributed by atoms with Gasteiger partial charge in [-0.25, -0.2) is 4.79 Å². The molecular formula is C49H52Cl2N6O6. The van der Waals surface area contributed by atoms with Crippen LogP contribution in [0.1, 0.15) is 85.3 Å². The smallest absolute Gasteiger partial charge is 0.340 e. The van der Waals surface area contributed by atoms with E-state index < -0.39 is 5.97 Å². The molecule has 0 saturated heterocycles. The minimum atomic E-state index is -1.16. The molecule has 0 unspecified atom stereocenters. The Labute approximate surface area is 376 Å². The van der Waals surface area contributed by atoms with Gasteiger partial charge in [-0.15, -0.1) is 0 Å². The fourth-order valence-corrected chi connectivity index (χ4v) is 9.74. The van der Waals surface area contributed by atoms with Crippen molar-refractivity contribution in [3.8, 4) is 22.6 Å². The Morgan fingerprint density at radius 2 is 1.62 bits per heavy atom. The highest BCUT2D eigenvalue weighted by Crippen LogP contribution is 2.46. The van der Waals surface area contributed by atoms with Crippen LogP contribution in [-0.2, 0) is 24.8 Å². The number of anilines is 1. The van der Waals surface area contributed by atoms with E-state index in [0.717, 1.165) is 72.8 Å². The van der Waals surface area contributed by atoms with Crippen molar-refractivity contribution in [1.82, 2.24) is 23.9 Å². The van der Waals surface area contributed by atoms with Gasteiger partial charge in [0.1, 0.15) is 35.2 Å². The van der Waals surface area contributed by atoms with Gasteiger partial charge < -0.3 is 28.5 Å². The van der Waals surface area contributed by atoms with Crippen molar-refractivity contribution in [2.24, 2.45) is 7.05 Å². The number of fused-ring (bicyclic) bond motifs is 4. The van der Waals surface area contributed by atoms with Gasteiger partial charge >= 0.3 is 5.97 Å². The minimum Gasteiger partial charge on any atom is -0.494 e. The van der Waals surface area contributed by atoms with Gasteiger partial charge in [0.15, 0.2) is 0 Å². The fourth-order valence-electron chi connectivity index (χ4n) is 9.38. The Kier molecular flexibility index (Phi) is 12.1. The zero-order chi connectivity index (χ0) is 45.0. The first-order valence-electron chi connectivity index (χ1n) is 21.1. The lowest BCUT2D eigenvalue weighted by atomic mass is 9.98. The normalized spacial score (nSPS) is 14.0. The number of nitrogens with zero attached hydrogens (tertiary/aromatic N) is 6. The number of aryl methyl sites for hydroxylation is 7. The van der Waals surface area contributed by atoms with Crippen LogP contribution >= 0.6 is 23.2 Å². The number of aromatic carboxylic acids is 1. The molecule has 7 aromatic rings. The van der Waals surface area contributed by atoms with Crippen molar-refractivity contribution in [3.63, 3.8) is 0 Å². The molecule has 1 aliphatic rings. The van der Waals surface area contributed by atoms with Gasteiger partial charge in [-0.2, -0.15) is 5.10 Å². The number of carbonyl (C=O) groups is 2. The molecule has 1 atom stereocenters. The van der Waals surface area contributed by atoms with Gasteiger partial charge in [-0.05, 0) is 132 Å². The Bertz CT molecular complexity index is 2920. The molecule has 3 aromatic carbocycles. The summed E-state index contributed by atoms with van der Waals surface area (Å²) < 4.78 is 23.3. The number of rotatable bonds is 14. The maximum atomic E-state index is 15.7. The monoisotopic (exact) mass is 890 g/mol. The minimum absolute atomic E-state index is 0.00511. The number of ether oxygens (including phenoxy) is 3. The van der Waals surface area contributed by atoms with Gasteiger partial charge in [0.2, 0.25) is 0 Å². The lowest BCUT2D eigenvalue weighted by Crippen LogP contribution is -2.44. The molecule has 0 bridgehead atoms. The second-order valence-electron chi connectivity index (χ2n) is 16.7. The first-order valence-corrected chi connectivity index (χ1v) is 21.9. The van der Waals surface area contributed by atoms with E-state index in [4.69, 9.17) is 47.5 Å². The van der Waals surface area contributed by atoms with Crippen LogP contribution in [0.5, 0.6) is 11.5 Å². The first kappa shape index (κ1) is 43.8. The van der Waals surface area contributed by atoms with E-state index >= 15 is 4.79 Å². The van der Waals surface area contributed by atoms with Gasteiger partial charge in [0.05, 0.1) is 47.2 Å². The molecule has 0 saturated carbocycles. The summed E-state index contributed by atoms with van der Waals surface area (Å²) in [6.07, 6.45) is 1.08. The van der Waals surface area contributed by atoms with E-state index in [9.17, 15) is 9.90 Å². The number of carboxylic acid groups (broad SMARTS) is 1. The molecule has 0 radical (unpaired) electrons. The molecule has 1 amide bonds. The van der Waals surface area contributed by atoms with Crippen molar-refractivity contribution in [3.05, 3.63) is 121 Å². The van der Waals surface area contributed by atoms with Crippen LogP contribution in [0.3, 0.4) is 0 Å². The maximum absolute atomic E-state index is 15.7. The summed E-state index contributed by atoms with van der Waals surface area (Å²) in [7, 11) is 3.51. The van der Waals surface area contributed by atoms with Crippen LogP contribution in [0.4, 0.5) is 5.82 Å². The predicted octanol–water partition coefficient (Wildman–Crippen LogP) is 10.6. The predicted molar refractivity (Wildman–Crippen MR) is 249 cm³/mol. The lowest BCUT2D eigenvalue weighted by molar-refractivity contribution is 0.0699. The third kappa shape index (κ3) is 7.93. The van der Waals surface area contributed by atoms with Crippen LogP contribution in [-0.4, -0.2) is 74.4 Å². The number of benzene rings is 3. The number of hydrogen-bond donors (Lipinski definition) is 1. The number of amides is 1. The van der Waals surface area contributed by atoms with E-state index in [1.807, 2.05) is 106 Å². The summed E-state index contributed by atoms with van der Waals surface area (Å²) >= 11 is 13.6. The molecule has 0 fully saturated rings. The Morgan fingerprint density at radius 1 is 0.889 bits per heavy atom. The molecule has 4 aromatic heterocycles. The SMILES string of the molecule is COCCOc1ccc2c(c1)c(C(=O)O)c(N1C[C@@H](C)n3c(c(CCCOc4cc(C)c(Cl)c(C)c4)c4ccc(Cl)c(-c5c(C)nn(C)c5C)c43)C1=O)n2Cc1cc(C)cc(C)n1. The summed E-state index contributed by atoms with van der Waals surface area (Å²) in [5, 5.41) is 18.5. The molecule has 0 spiro atoms. The number of methoxy groups -OCH3 is 1. The molecule has 328 valence electrons. The third-order valence-electron chi connectivity index (χ3n) is 12.1. The molecule has 5 heterocycles. The Hall–Kier alpha value is -5.82. The number of carbonyl (C=O) groups excluding carboxylic acids is 1. The second-order valence-corrected chi connectivity index (χ2v) is 17.4. The largest absolute Gasteiger partial charge is 0.494 e. The number of aromatic nitrogens is 5. The Morgan fingerprint density at radius 3 is 2.29 bits per heavy atom. The molecule has 1 aliphatic heterocycles. The van der Waals surface area contributed by atoms with Gasteiger partial charge in [-0.1, -0.05) is 29.3 Å². The lowest BCUT2D eigenvalue weighted by Gasteiger charge is -2.35. The topological polar surface area (TPSA) is 126 Å². The van der Waals surface area contributed by atoms with E-state index in [1.165, 1.54) is 0 Å². The summed E-state index contributed by atoms with van der Waals surface area (Å²) in [5.74, 6) is 0.0189. The highest BCUT2D eigenvalue weighted by Gasteiger charge is 2.40. The quantitative estimate of drug-likeness (QED) is 0.107. The standard InChI is InChI=1S/C49H52Cl2N6O6/c1-26-19-29(4)52-33(20-26)25-55-40-15-12-34(63-18-17-61-9)23-38(40)42(49(59)60)47(55)56-24-30(5)57-45-37(13-14-39(50)43(45)41-31(6)53-54(8)32(41)7)36(46(57)48(56)58)11-10-16-62-35-21-27(2)44(51)28(3)22-35/h12-15,19-23,30H,10-11,16-18,24-25H2,1-9H3,(H,59,60)/t30-/m1/s1. The average molecular weight is 892 g/mol. The molecular weight excluding hydrogens is 839 g/mol. The first-order chi connectivity index (χ1) is 30.1. The summed E-state index contributed by atoms with van der Waals surface area (Å²) in [6.45, 7) is 15.3. The van der Waals surface area contributed by atoms with Crippen molar-refractivity contribution in [2.45, 2.75) is 73.9 Å². The highest BCUT2D eigenvalue weighted by atomic mass is 35.5. The molecule has 63 heavy (non-hydrogen) atoms. The second kappa shape index (κ2) is 17.4. The van der Waals surface area contributed by atoms with E-state index in [0.29, 0.717) is 58.4 Å². The van der Waals surface area contributed by atoms with Crippen LogP contribution in [0.2, 0.25) is 10.0 Å². The number of carboxylic acids is 1. The summed E-state index contributed by atoms with van der Waals surface area (Å²) in [4.78, 5) is 35.9. The summed E-state index contributed by atoms with van der Waals surface area (Å²) in [6, 6.07) is 16.8. The third-order valence-corrected chi connectivity index (χ3v) is 13.0. The van der Waals surface area contributed by atoms with Gasteiger partial charge in [-0.3, -0.25) is 19.4 Å². The zero-order valence-electron chi connectivity index (χ0n) is 37.2. The fraction of sp³-hybridized carbons (Fsp3) is 0.347. The van der Waals surface area contributed by atoms with E-state index in [2.05, 4.69) is 11.5 Å². The average Bonchev–Trinajstić information content (AvgIpc) is 3.82. The summed E-state index contributed by atoms with van der Waals surface area (Å²) in [5.41, 5.74) is 10.8. The van der Waals surface area contributed by atoms with Crippen LogP contribution in [0.15, 0.2) is 54.6 Å². The molecule has 1 N–H and O–H groups in total. The number of pyridine rings is 1. The maximum Gasteiger partial charge on any atom is 0.340 e. The van der Waals surface area contributed by atoms with Crippen molar-refractivity contribution in [1.29, 1.82) is 0 Å². The molecule has 0 aliphatic carbocycles. The highest BCUT2D eigenvalue weighted by molar-refractivity contribution is 6.35. The van der Waals surface area contributed by atoms with Crippen molar-refractivity contribution in [2.75, 3.05) is 38.4 Å². The van der Waals surface area contributed by atoms with E-state index in [1.54, 1.807) is 18.1 Å². The molecule has 12 nitrogen and oxygen atoms in total. The zero-order valence-corrected chi connectivity index (χ0v) is 38.7. The number of halogens is 2. The number of hydrogen-bond acceptors (Lipinski definition) is 7.